The molecule has 0 saturated heterocycles. The van der Waals surface area contributed by atoms with Crippen LogP contribution in [0.5, 0.6) is 0 Å². The Bertz CT molecular complexity index is 804. The highest BCUT2D eigenvalue weighted by molar-refractivity contribution is 5.71. The van der Waals surface area contributed by atoms with Crippen LogP contribution in [0.4, 0.5) is 0 Å². The molecule has 0 aliphatic carbocycles. The SMILES string of the molecule is CC/C=C\C/C=C\CCCCC(=O)OCC(COC(=O)CCCCCCCCCCCCC)OC(=O)CCCCCCCCCCCCC. The molecule has 286 valence electrons. The van der Waals surface area contributed by atoms with Gasteiger partial charge in [0.15, 0.2) is 6.10 Å². The van der Waals surface area contributed by atoms with Crippen molar-refractivity contribution in [1.82, 2.24) is 0 Å². The van der Waals surface area contributed by atoms with E-state index in [-0.39, 0.29) is 31.1 Å². The minimum atomic E-state index is -0.774. The van der Waals surface area contributed by atoms with Gasteiger partial charge < -0.3 is 14.2 Å². The summed E-state index contributed by atoms with van der Waals surface area (Å²) in [5.41, 5.74) is 0. The van der Waals surface area contributed by atoms with Crippen LogP contribution in [0, 0.1) is 0 Å². The first kappa shape index (κ1) is 46.9. The van der Waals surface area contributed by atoms with Gasteiger partial charge in [-0.05, 0) is 44.9 Å². The van der Waals surface area contributed by atoms with Crippen LogP contribution in [-0.4, -0.2) is 37.2 Å². The molecule has 49 heavy (non-hydrogen) atoms. The first-order valence-electron chi connectivity index (χ1n) is 20.8. The standard InChI is InChI=1S/C43H78O6/c1-4-7-10-13-16-19-21-24-27-30-33-36-42(45)48-39-40(38-47-41(44)35-32-29-26-23-18-15-12-9-6-3)49-43(46)37-34-31-28-25-22-20-17-14-11-8-5-2/h9,12,18,23,40H,4-8,10-11,13-17,19-22,24-39H2,1-3H3/b12-9-,23-18-. The Kier molecular flexibility index (Phi) is 37.0. The Morgan fingerprint density at radius 3 is 1.22 bits per heavy atom. The van der Waals surface area contributed by atoms with E-state index in [0.29, 0.717) is 19.3 Å². The summed E-state index contributed by atoms with van der Waals surface area (Å²) in [6, 6.07) is 0. The van der Waals surface area contributed by atoms with Gasteiger partial charge in [-0.2, -0.15) is 0 Å². The molecule has 0 bridgehead atoms. The molecule has 0 rings (SSSR count). The fourth-order valence-electron chi connectivity index (χ4n) is 5.83. The maximum absolute atomic E-state index is 12.6. The van der Waals surface area contributed by atoms with Gasteiger partial charge in [0.25, 0.3) is 0 Å². The molecule has 0 N–H and O–H groups in total. The highest BCUT2D eigenvalue weighted by atomic mass is 16.6. The molecule has 6 nitrogen and oxygen atoms in total. The Morgan fingerprint density at radius 1 is 0.429 bits per heavy atom. The molecule has 0 spiro atoms. The van der Waals surface area contributed by atoms with Crippen LogP contribution in [0.3, 0.4) is 0 Å². The summed E-state index contributed by atoms with van der Waals surface area (Å²) in [7, 11) is 0. The molecule has 1 unspecified atom stereocenters. The van der Waals surface area contributed by atoms with E-state index in [0.717, 1.165) is 70.6 Å². The van der Waals surface area contributed by atoms with E-state index < -0.39 is 6.10 Å². The van der Waals surface area contributed by atoms with Crippen molar-refractivity contribution in [2.24, 2.45) is 0 Å². The van der Waals surface area contributed by atoms with E-state index in [1.165, 1.54) is 103 Å². The molecule has 1 atom stereocenters. The van der Waals surface area contributed by atoms with Crippen LogP contribution in [0.25, 0.3) is 0 Å². The second-order valence-electron chi connectivity index (χ2n) is 13.9. The van der Waals surface area contributed by atoms with Crippen molar-refractivity contribution >= 4 is 17.9 Å². The quantitative estimate of drug-likeness (QED) is 0.0279. The van der Waals surface area contributed by atoms with E-state index >= 15 is 0 Å². The monoisotopic (exact) mass is 691 g/mol. The zero-order chi connectivity index (χ0) is 35.9. The second kappa shape index (κ2) is 38.7. The molecule has 0 aliphatic rings. The third-order valence-electron chi connectivity index (χ3n) is 8.97. The third-order valence-corrected chi connectivity index (χ3v) is 8.97. The molecule has 0 heterocycles. The lowest BCUT2D eigenvalue weighted by molar-refractivity contribution is -0.167. The molecular formula is C43H78O6. The van der Waals surface area contributed by atoms with E-state index in [1.807, 2.05) is 0 Å². The van der Waals surface area contributed by atoms with Crippen LogP contribution in [0.1, 0.15) is 213 Å². The van der Waals surface area contributed by atoms with Crippen LogP contribution >= 0.6 is 0 Å². The number of carbonyl (C=O) groups is 3. The summed E-state index contributed by atoms with van der Waals surface area (Å²) in [5.74, 6) is -0.917. The molecule has 0 saturated carbocycles. The molecule has 0 fully saturated rings. The van der Waals surface area contributed by atoms with Gasteiger partial charge in [0.2, 0.25) is 0 Å². The predicted octanol–water partition coefficient (Wildman–Crippen LogP) is 12.9. The number of allylic oxidation sites excluding steroid dienone is 4. The van der Waals surface area contributed by atoms with Gasteiger partial charge in [0.1, 0.15) is 13.2 Å². The summed E-state index contributed by atoms with van der Waals surface area (Å²) in [6.45, 7) is 6.46. The minimum absolute atomic E-state index is 0.0780. The number of ether oxygens (including phenoxy) is 3. The largest absolute Gasteiger partial charge is 0.462 e. The minimum Gasteiger partial charge on any atom is -0.462 e. The van der Waals surface area contributed by atoms with Gasteiger partial charge in [-0.15, -0.1) is 0 Å². The second-order valence-corrected chi connectivity index (χ2v) is 13.9. The topological polar surface area (TPSA) is 78.9 Å². The molecule has 0 amide bonds. The van der Waals surface area contributed by atoms with E-state index in [2.05, 4.69) is 45.1 Å². The Labute approximate surface area is 303 Å². The van der Waals surface area contributed by atoms with Crippen molar-refractivity contribution in [3.63, 3.8) is 0 Å². The molecular weight excluding hydrogens is 612 g/mol. The summed E-state index contributed by atoms with van der Waals surface area (Å²) >= 11 is 0. The summed E-state index contributed by atoms with van der Waals surface area (Å²) < 4.78 is 16.6. The van der Waals surface area contributed by atoms with Gasteiger partial charge in [-0.3, -0.25) is 14.4 Å². The Balaban J connectivity index is 4.38. The highest BCUT2D eigenvalue weighted by Gasteiger charge is 2.19. The van der Waals surface area contributed by atoms with E-state index in [9.17, 15) is 14.4 Å². The molecule has 0 aliphatic heterocycles. The maximum atomic E-state index is 12.6. The highest BCUT2D eigenvalue weighted by Crippen LogP contribution is 2.14. The number of rotatable bonds is 37. The lowest BCUT2D eigenvalue weighted by atomic mass is 10.1. The van der Waals surface area contributed by atoms with Crippen molar-refractivity contribution in [2.45, 2.75) is 219 Å². The van der Waals surface area contributed by atoms with Crippen LogP contribution in [0.15, 0.2) is 24.3 Å². The number of hydrogen-bond donors (Lipinski definition) is 0. The van der Waals surface area contributed by atoms with Crippen molar-refractivity contribution < 1.29 is 28.6 Å². The average molecular weight is 691 g/mol. The third kappa shape index (κ3) is 37.0. The number of hydrogen-bond acceptors (Lipinski definition) is 6. The normalized spacial score (nSPS) is 12.1. The summed E-state index contributed by atoms with van der Waals surface area (Å²) in [5, 5.41) is 0. The first-order chi connectivity index (χ1) is 24.0. The van der Waals surface area contributed by atoms with Crippen molar-refractivity contribution in [3.05, 3.63) is 24.3 Å². The fraction of sp³-hybridized carbons (Fsp3) is 0.837. The number of esters is 3. The summed E-state index contributed by atoms with van der Waals surface area (Å²) in [4.78, 5) is 37.5. The van der Waals surface area contributed by atoms with Gasteiger partial charge in [0, 0.05) is 19.3 Å². The molecule has 0 radical (unpaired) electrons. The molecule has 0 aromatic rings. The van der Waals surface area contributed by atoms with E-state index in [1.54, 1.807) is 0 Å². The lowest BCUT2D eigenvalue weighted by Crippen LogP contribution is -2.30. The van der Waals surface area contributed by atoms with Gasteiger partial charge >= 0.3 is 17.9 Å². The zero-order valence-electron chi connectivity index (χ0n) is 32.5. The van der Waals surface area contributed by atoms with E-state index in [4.69, 9.17) is 14.2 Å². The number of carbonyl (C=O) groups excluding carboxylic acids is 3. The first-order valence-corrected chi connectivity index (χ1v) is 20.8. The fourth-order valence-corrected chi connectivity index (χ4v) is 5.83. The van der Waals surface area contributed by atoms with Crippen LogP contribution < -0.4 is 0 Å². The zero-order valence-corrected chi connectivity index (χ0v) is 32.5. The lowest BCUT2D eigenvalue weighted by Gasteiger charge is -2.18. The van der Waals surface area contributed by atoms with Crippen molar-refractivity contribution in [3.8, 4) is 0 Å². The smallest absolute Gasteiger partial charge is 0.306 e. The van der Waals surface area contributed by atoms with Gasteiger partial charge in [-0.1, -0.05) is 173 Å². The van der Waals surface area contributed by atoms with Crippen LogP contribution in [-0.2, 0) is 28.6 Å². The van der Waals surface area contributed by atoms with Crippen molar-refractivity contribution in [2.75, 3.05) is 13.2 Å². The predicted molar refractivity (Wildman–Crippen MR) is 206 cm³/mol. The molecule has 0 aromatic carbocycles. The van der Waals surface area contributed by atoms with Crippen LogP contribution in [0.2, 0.25) is 0 Å². The average Bonchev–Trinajstić information content (AvgIpc) is 3.10. The molecule has 0 aromatic heterocycles. The van der Waals surface area contributed by atoms with Gasteiger partial charge in [0.05, 0.1) is 0 Å². The summed E-state index contributed by atoms with van der Waals surface area (Å²) in [6.07, 6.45) is 40.2. The van der Waals surface area contributed by atoms with Gasteiger partial charge in [-0.25, -0.2) is 0 Å². The number of unbranched alkanes of at least 4 members (excludes halogenated alkanes) is 22. The Hall–Kier alpha value is -2.11. The van der Waals surface area contributed by atoms with Crippen molar-refractivity contribution in [1.29, 1.82) is 0 Å². The maximum Gasteiger partial charge on any atom is 0.306 e. The Morgan fingerprint density at radius 2 is 0.796 bits per heavy atom. The molecule has 6 heteroatoms.